The van der Waals surface area contributed by atoms with Crippen molar-refractivity contribution in [1.29, 1.82) is 0 Å². The Morgan fingerprint density at radius 3 is 1.78 bits per heavy atom. The molecule has 1 aliphatic heterocycles. The number of quaternary nitrogens is 1. The van der Waals surface area contributed by atoms with Crippen LogP contribution in [-0.2, 0) is 14.3 Å². The normalized spacial score (nSPS) is 24.4. The van der Waals surface area contributed by atoms with Crippen LogP contribution in [0.4, 0.5) is 17.1 Å². The smallest absolute Gasteiger partial charge is 0.356 e. The second kappa shape index (κ2) is 8.02. The van der Waals surface area contributed by atoms with Gasteiger partial charge in [-0.1, -0.05) is 50.2 Å². The van der Waals surface area contributed by atoms with Gasteiger partial charge in [-0.2, -0.15) is 0 Å². The van der Waals surface area contributed by atoms with Crippen LogP contribution in [0.2, 0.25) is 0 Å². The number of fused-ring (bicyclic) bond motifs is 2. The van der Waals surface area contributed by atoms with Crippen molar-refractivity contribution in [3.63, 3.8) is 0 Å². The minimum absolute atomic E-state index is 0.348. The SMILES string of the molecule is Cc1cc([N+]([O-])(c2ccccc2)c2ccccc2)cc(C)c1OC(=O)C12CCC(C)(C(=O)O1)C2(C)C. The van der Waals surface area contributed by atoms with E-state index in [2.05, 4.69) is 0 Å². The Morgan fingerprint density at radius 2 is 1.36 bits per heavy atom. The standard InChI is InChI=1S/C30H31NO5/c1-20-18-24(31(34,22-12-8-6-9-13-22)23-14-10-7-11-15-23)19-21(2)25(20)35-27(33)30-17-16-29(5,26(32)36-30)28(30,3)4/h6-15,18-19H,16-17H2,1-5H3. The molecule has 1 saturated heterocycles. The molecule has 6 nitrogen and oxygen atoms in total. The molecule has 5 rings (SSSR count). The molecular formula is C30H31NO5. The molecule has 3 aromatic carbocycles. The molecular weight excluding hydrogens is 454 g/mol. The Balaban J connectivity index is 1.55. The number of para-hydroxylation sites is 2. The molecule has 2 aliphatic rings. The molecule has 3 aromatic rings. The number of aryl methyl sites for hydroxylation is 2. The zero-order chi connectivity index (χ0) is 25.9. The quantitative estimate of drug-likeness (QED) is 0.172. The van der Waals surface area contributed by atoms with E-state index in [0.717, 1.165) is 0 Å². The summed E-state index contributed by atoms with van der Waals surface area (Å²) < 4.78 is 10.9. The molecule has 2 atom stereocenters. The minimum atomic E-state index is -1.32. The van der Waals surface area contributed by atoms with E-state index in [1.165, 1.54) is 0 Å². The van der Waals surface area contributed by atoms with Gasteiger partial charge in [0.25, 0.3) is 0 Å². The summed E-state index contributed by atoms with van der Waals surface area (Å²) in [6.45, 7) is 9.31. The van der Waals surface area contributed by atoms with Crippen LogP contribution in [0.25, 0.3) is 0 Å². The van der Waals surface area contributed by atoms with Gasteiger partial charge in [0.15, 0.2) is 0 Å². The zero-order valence-corrected chi connectivity index (χ0v) is 21.3. The van der Waals surface area contributed by atoms with Crippen LogP contribution in [0.3, 0.4) is 0 Å². The van der Waals surface area contributed by atoms with Gasteiger partial charge in [-0.15, -0.1) is 0 Å². The van der Waals surface area contributed by atoms with Crippen LogP contribution in [-0.4, -0.2) is 17.5 Å². The monoisotopic (exact) mass is 485 g/mol. The van der Waals surface area contributed by atoms with Crippen LogP contribution >= 0.6 is 0 Å². The Labute approximate surface area is 211 Å². The first-order valence-electron chi connectivity index (χ1n) is 12.3. The second-order valence-electron chi connectivity index (χ2n) is 10.8. The summed E-state index contributed by atoms with van der Waals surface area (Å²) in [6.07, 6.45) is 1.01. The lowest BCUT2D eigenvalue weighted by atomic mass is 9.66. The first kappa shape index (κ1) is 24.2. The van der Waals surface area contributed by atoms with Crippen LogP contribution < -0.4 is 9.38 Å². The molecule has 1 saturated carbocycles. The number of rotatable bonds is 5. The number of carbonyl (C=O) groups is 2. The largest absolute Gasteiger partial charge is 0.616 e. The fraction of sp³-hybridized carbons (Fsp3) is 0.333. The first-order valence-corrected chi connectivity index (χ1v) is 12.3. The van der Waals surface area contributed by atoms with Crippen LogP contribution in [0.5, 0.6) is 5.75 Å². The van der Waals surface area contributed by atoms with Gasteiger partial charge in [0.05, 0.1) is 5.41 Å². The topological polar surface area (TPSA) is 75.7 Å². The lowest BCUT2D eigenvalue weighted by Crippen LogP contribution is -2.50. The van der Waals surface area contributed by atoms with Crippen molar-refractivity contribution in [1.82, 2.24) is 4.65 Å². The first-order chi connectivity index (χ1) is 17.0. The minimum Gasteiger partial charge on any atom is -0.616 e. The number of ether oxygens (including phenoxy) is 2. The summed E-state index contributed by atoms with van der Waals surface area (Å²) in [5, 5.41) is 14.6. The Morgan fingerprint density at radius 1 is 0.861 bits per heavy atom. The molecule has 186 valence electrons. The van der Waals surface area contributed by atoms with E-state index in [1.54, 1.807) is 12.1 Å². The summed E-state index contributed by atoms with van der Waals surface area (Å²) in [7, 11) is 0. The Kier molecular flexibility index (Phi) is 5.39. The van der Waals surface area contributed by atoms with E-state index in [0.29, 0.717) is 46.8 Å². The van der Waals surface area contributed by atoms with E-state index >= 15 is 0 Å². The molecule has 6 heteroatoms. The molecule has 2 bridgehead atoms. The van der Waals surface area contributed by atoms with Gasteiger partial charge in [-0.05, 0) is 44.7 Å². The third-order valence-corrected chi connectivity index (χ3v) is 8.66. The third kappa shape index (κ3) is 3.11. The Bertz CT molecular complexity index is 1290. The fourth-order valence-corrected chi connectivity index (χ4v) is 5.87. The van der Waals surface area contributed by atoms with Crippen molar-refractivity contribution >= 4 is 29.0 Å². The number of esters is 2. The number of carbonyl (C=O) groups excluding carboxylic acids is 2. The summed E-state index contributed by atoms with van der Waals surface area (Å²) in [5.41, 5.74) is 0.213. The van der Waals surface area contributed by atoms with Crippen molar-refractivity contribution in [2.24, 2.45) is 10.8 Å². The summed E-state index contributed by atoms with van der Waals surface area (Å²) in [6, 6.07) is 21.9. The van der Waals surface area contributed by atoms with Gasteiger partial charge in [0.2, 0.25) is 5.60 Å². The van der Waals surface area contributed by atoms with Crippen molar-refractivity contribution in [3.8, 4) is 5.75 Å². The van der Waals surface area contributed by atoms with Crippen molar-refractivity contribution in [2.75, 3.05) is 0 Å². The maximum absolute atomic E-state index is 14.6. The van der Waals surface area contributed by atoms with Gasteiger partial charge in [-0.25, -0.2) is 4.79 Å². The predicted molar refractivity (Wildman–Crippen MR) is 139 cm³/mol. The number of benzene rings is 3. The van der Waals surface area contributed by atoms with E-state index in [-0.39, 0.29) is 5.97 Å². The molecule has 0 radical (unpaired) electrons. The maximum atomic E-state index is 14.6. The van der Waals surface area contributed by atoms with Gasteiger partial charge in [-0.3, -0.25) is 9.44 Å². The molecule has 2 fully saturated rings. The van der Waals surface area contributed by atoms with Crippen LogP contribution in [0.15, 0.2) is 72.8 Å². The molecule has 0 N–H and O–H groups in total. The Hall–Kier alpha value is -3.48. The number of hydrogen-bond donors (Lipinski definition) is 0. The molecule has 1 heterocycles. The summed E-state index contributed by atoms with van der Waals surface area (Å²) >= 11 is 0. The van der Waals surface area contributed by atoms with Gasteiger partial charge >= 0.3 is 11.9 Å². The molecule has 0 amide bonds. The second-order valence-corrected chi connectivity index (χ2v) is 10.8. The van der Waals surface area contributed by atoms with Crippen molar-refractivity contribution in [3.05, 3.63) is 89.1 Å². The van der Waals surface area contributed by atoms with E-state index < -0.39 is 27.0 Å². The molecule has 0 spiro atoms. The highest BCUT2D eigenvalue weighted by molar-refractivity contribution is 5.94. The van der Waals surface area contributed by atoms with E-state index in [9.17, 15) is 14.8 Å². The zero-order valence-electron chi connectivity index (χ0n) is 21.3. The van der Waals surface area contributed by atoms with Crippen molar-refractivity contribution in [2.45, 2.75) is 53.1 Å². The predicted octanol–water partition coefficient (Wildman–Crippen LogP) is 6.80. The lowest BCUT2D eigenvalue weighted by molar-refractivity contribution is -0.176. The molecule has 2 unspecified atom stereocenters. The summed E-state index contributed by atoms with van der Waals surface area (Å²) in [4.78, 5) is 26.2. The van der Waals surface area contributed by atoms with Gasteiger partial charge in [0.1, 0.15) is 22.8 Å². The van der Waals surface area contributed by atoms with E-state index in [1.807, 2.05) is 95.3 Å². The summed E-state index contributed by atoms with van der Waals surface area (Å²) in [5.74, 6) is -0.521. The van der Waals surface area contributed by atoms with Gasteiger partial charge < -0.3 is 14.7 Å². The van der Waals surface area contributed by atoms with Crippen LogP contribution in [0.1, 0.15) is 44.7 Å². The molecule has 36 heavy (non-hydrogen) atoms. The third-order valence-electron chi connectivity index (χ3n) is 8.66. The van der Waals surface area contributed by atoms with Crippen molar-refractivity contribution < 1.29 is 19.1 Å². The highest BCUT2D eigenvalue weighted by atomic mass is 16.6. The average molecular weight is 486 g/mol. The maximum Gasteiger partial charge on any atom is 0.356 e. The molecule has 0 aromatic heterocycles. The fourth-order valence-electron chi connectivity index (χ4n) is 5.87. The highest BCUT2D eigenvalue weighted by Gasteiger charge is 2.76. The van der Waals surface area contributed by atoms with Crippen LogP contribution in [0, 0.1) is 29.9 Å². The molecule has 1 aliphatic carbocycles. The highest BCUT2D eigenvalue weighted by Crippen LogP contribution is 2.65. The average Bonchev–Trinajstić information content (AvgIpc) is 3.17. The lowest BCUT2D eigenvalue weighted by Gasteiger charge is -2.41. The number of nitrogens with zero attached hydrogens (tertiary/aromatic N) is 1. The number of hydrogen-bond acceptors (Lipinski definition) is 5. The van der Waals surface area contributed by atoms with E-state index in [4.69, 9.17) is 9.47 Å². The van der Waals surface area contributed by atoms with Gasteiger partial charge in [0, 0.05) is 41.8 Å².